The minimum Gasteiger partial charge on any atom is -0.369 e. The summed E-state index contributed by atoms with van der Waals surface area (Å²) in [6, 6.07) is 6.86. The van der Waals surface area contributed by atoms with Gasteiger partial charge in [0.2, 0.25) is 0 Å². The van der Waals surface area contributed by atoms with E-state index in [1.54, 1.807) is 12.1 Å². The van der Waals surface area contributed by atoms with Crippen molar-refractivity contribution in [1.82, 2.24) is 0 Å². The first kappa shape index (κ1) is 13.4. The molecule has 0 amide bonds. The lowest BCUT2D eigenvalue weighted by molar-refractivity contribution is 0.177. The predicted octanol–water partition coefficient (Wildman–Crippen LogP) is 3.16. The first-order valence-corrected chi connectivity index (χ1v) is 7.39. The van der Waals surface area contributed by atoms with E-state index in [2.05, 4.69) is 18.8 Å². The van der Waals surface area contributed by atoms with Gasteiger partial charge in [0.05, 0.1) is 17.8 Å². The second-order valence-corrected chi connectivity index (χ2v) is 6.35. The fraction of sp³-hybridized carbons (Fsp3) is 0.562. The zero-order valence-electron chi connectivity index (χ0n) is 12.1. The van der Waals surface area contributed by atoms with Crippen molar-refractivity contribution < 1.29 is 4.39 Å². The molecule has 3 rings (SSSR count). The molecular formula is C16H22FN3. The molecular weight excluding hydrogens is 253 g/mol. The van der Waals surface area contributed by atoms with Crippen LogP contribution >= 0.6 is 0 Å². The van der Waals surface area contributed by atoms with Crippen LogP contribution in [0.2, 0.25) is 0 Å². The van der Waals surface area contributed by atoms with Crippen molar-refractivity contribution in [3.8, 4) is 0 Å². The van der Waals surface area contributed by atoms with Crippen molar-refractivity contribution in [2.24, 2.45) is 22.6 Å². The first-order valence-electron chi connectivity index (χ1n) is 7.39. The molecule has 3 nitrogen and oxygen atoms in total. The van der Waals surface area contributed by atoms with Gasteiger partial charge in [0.1, 0.15) is 5.82 Å². The Morgan fingerprint density at radius 2 is 2.05 bits per heavy atom. The summed E-state index contributed by atoms with van der Waals surface area (Å²) in [5, 5.41) is 0. The lowest BCUT2D eigenvalue weighted by Crippen LogP contribution is -2.58. The van der Waals surface area contributed by atoms with Crippen LogP contribution in [0.5, 0.6) is 0 Å². The summed E-state index contributed by atoms with van der Waals surface area (Å²) in [7, 11) is 0. The van der Waals surface area contributed by atoms with E-state index in [0.717, 1.165) is 12.8 Å². The van der Waals surface area contributed by atoms with Crippen LogP contribution in [0.3, 0.4) is 0 Å². The number of guanidine groups is 1. The number of nitrogens with zero attached hydrogens (tertiary/aromatic N) is 2. The van der Waals surface area contributed by atoms with Gasteiger partial charge in [-0.15, -0.1) is 0 Å². The number of para-hydroxylation sites is 1. The largest absolute Gasteiger partial charge is 0.369 e. The van der Waals surface area contributed by atoms with Crippen LogP contribution in [-0.4, -0.2) is 18.0 Å². The summed E-state index contributed by atoms with van der Waals surface area (Å²) < 4.78 is 14.2. The van der Waals surface area contributed by atoms with Crippen LogP contribution < -0.4 is 10.6 Å². The van der Waals surface area contributed by atoms with Gasteiger partial charge >= 0.3 is 0 Å². The fourth-order valence-electron chi connectivity index (χ4n) is 3.83. The highest BCUT2D eigenvalue weighted by Gasteiger charge is 2.50. The maximum atomic E-state index is 14.2. The maximum absolute atomic E-state index is 14.2. The van der Waals surface area contributed by atoms with E-state index in [0.29, 0.717) is 30.0 Å². The second kappa shape index (κ2) is 4.76. The molecule has 0 aromatic heterocycles. The first-order chi connectivity index (χ1) is 9.54. The van der Waals surface area contributed by atoms with Gasteiger partial charge in [-0.25, -0.2) is 4.39 Å². The van der Waals surface area contributed by atoms with Crippen LogP contribution in [0.15, 0.2) is 29.3 Å². The Bertz CT molecular complexity index is 542. The number of hydrogen-bond donors (Lipinski definition) is 1. The summed E-state index contributed by atoms with van der Waals surface area (Å²) in [4.78, 5) is 6.41. The molecule has 1 aromatic carbocycles. The van der Waals surface area contributed by atoms with Gasteiger partial charge in [-0.1, -0.05) is 32.4 Å². The smallest absolute Gasteiger partial charge is 0.196 e. The molecule has 1 heterocycles. The number of anilines is 1. The summed E-state index contributed by atoms with van der Waals surface area (Å²) in [6.45, 7) is 5.19. The number of nitrogens with two attached hydrogens (primary N) is 1. The van der Waals surface area contributed by atoms with E-state index in [1.807, 2.05) is 11.0 Å². The van der Waals surface area contributed by atoms with Gasteiger partial charge < -0.3 is 10.6 Å². The van der Waals surface area contributed by atoms with Crippen molar-refractivity contribution in [2.75, 3.05) is 11.4 Å². The molecule has 108 valence electrons. The molecule has 2 aliphatic rings. The van der Waals surface area contributed by atoms with Crippen LogP contribution in [0.1, 0.15) is 33.1 Å². The fourth-order valence-corrected chi connectivity index (χ4v) is 3.83. The van der Waals surface area contributed by atoms with Gasteiger partial charge in [-0.3, -0.25) is 4.99 Å². The molecule has 1 aliphatic heterocycles. The average molecular weight is 275 g/mol. The third-order valence-corrected chi connectivity index (χ3v) is 4.99. The Morgan fingerprint density at radius 3 is 2.80 bits per heavy atom. The van der Waals surface area contributed by atoms with Crippen LogP contribution in [0.4, 0.5) is 10.1 Å². The summed E-state index contributed by atoms with van der Waals surface area (Å²) in [6.07, 6.45) is 3.40. The molecule has 20 heavy (non-hydrogen) atoms. The standard InChI is InChI=1S/C16H22FN3/c1-11-7-8-12(2)16(9-11)10-19-15(18)20(16)14-6-4-3-5-13(14)17/h3-6,11-12H,7-10H2,1-2H3,(H2,18,19). The van der Waals surface area contributed by atoms with Crippen molar-refractivity contribution in [1.29, 1.82) is 0 Å². The zero-order chi connectivity index (χ0) is 14.3. The second-order valence-electron chi connectivity index (χ2n) is 6.35. The lowest BCUT2D eigenvalue weighted by atomic mass is 9.69. The van der Waals surface area contributed by atoms with Gasteiger partial charge in [0.15, 0.2) is 5.96 Å². The van der Waals surface area contributed by atoms with Crippen molar-refractivity contribution >= 4 is 11.6 Å². The number of aliphatic imine (C=N–C) groups is 1. The van der Waals surface area contributed by atoms with Crippen LogP contribution in [0.25, 0.3) is 0 Å². The van der Waals surface area contributed by atoms with Gasteiger partial charge in [-0.05, 0) is 36.8 Å². The molecule has 1 saturated carbocycles. The molecule has 4 heteroatoms. The van der Waals surface area contributed by atoms with Gasteiger partial charge in [0.25, 0.3) is 0 Å². The van der Waals surface area contributed by atoms with E-state index < -0.39 is 0 Å². The number of halogens is 1. The molecule has 0 radical (unpaired) electrons. The third-order valence-electron chi connectivity index (χ3n) is 4.99. The topological polar surface area (TPSA) is 41.6 Å². The highest BCUT2D eigenvalue weighted by molar-refractivity contribution is 5.98. The van der Waals surface area contributed by atoms with E-state index in [4.69, 9.17) is 5.73 Å². The number of benzene rings is 1. The Morgan fingerprint density at radius 1 is 1.30 bits per heavy atom. The summed E-state index contributed by atoms with van der Waals surface area (Å²) >= 11 is 0. The molecule has 1 spiro atoms. The number of rotatable bonds is 1. The van der Waals surface area contributed by atoms with Gasteiger partial charge in [0, 0.05) is 0 Å². The minimum absolute atomic E-state index is 0.149. The number of hydrogen-bond acceptors (Lipinski definition) is 3. The highest BCUT2D eigenvalue weighted by Crippen LogP contribution is 2.45. The molecule has 1 aromatic rings. The SMILES string of the molecule is CC1CCC(C)C2(CN=C(N)N2c2ccccc2F)C1. The molecule has 1 fully saturated rings. The molecule has 0 bridgehead atoms. The monoisotopic (exact) mass is 275 g/mol. The van der Waals surface area contributed by atoms with E-state index in [1.165, 1.54) is 12.5 Å². The lowest BCUT2D eigenvalue weighted by Gasteiger charge is -2.48. The zero-order valence-corrected chi connectivity index (χ0v) is 12.1. The normalized spacial score (nSPS) is 33.5. The Hall–Kier alpha value is -1.58. The maximum Gasteiger partial charge on any atom is 0.196 e. The minimum atomic E-state index is -0.225. The van der Waals surface area contributed by atoms with E-state index >= 15 is 0 Å². The highest BCUT2D eigenvalue weighted by atomic mass is 19.1. The Labute approximate surface area is 119 Å². The molecule has 3 unspecified atom stereocenters. The molecule has 2 N–H and O–H groups in total. The van der Waals surface area contributed by atoms with Crippen LogP contribution in [0, 0.1) is 17.7 Å². The van der Waals surface area contributed by atoms with Crippen molar-refractivity contribution in [3.63, 3.8) is 0 Å². The molecule has 0 saturated heterocycles. The van der Waals surface area contributed by atoms with E-state index in [-0.39, 0.29) is 11.4 Å². The summed E-state index contributed by atoms with van der Waals surface area (Å²) in [5.74, 6) is 1.32. The summed E-state index contributed by atoms with van der Waals surface area (Å²) in [5.41, 5.74) is 6.52. The third kappa shape index (κ3) is 1.89. The van der Waals surface area contributed by atoms with Gasteiger partial charge in [-0.2, -0.15) is 0 Å². The Balaban J connectivity index is 2.06. The molecule has 3 atom stereocenters. The van der Waals surface area contributed by atoms with E-state index in [9.17, 15) is 4.39 Å². The van der Waals surface area contributed by atoms with Crippen molar-refractivity contribution in [2.45, 2.75) is 38.6 Å². The average Bonchev–Trinajstić information content (AvgIpc) is 2.73. The Kier molecular flexibility index (Phi) is 3.19. The predicted molar refractivity (Wildman–Crippen MR) is 80.3 cm³/mol. The van der Waals surface area contributed by atoms with Crippen molar-refractivity contribution in [3.05, 3.63) is 30.1 Å². The van der Waals surface area contributed by atoms with Crippen LogP contribution in [-0.2, 0) is 0 Å². The quantitative estimate of drug-likeness (QED) is 0.855. The molecule has 1 aliphatic carbocycles.